The van der Waals surface area contributed by atoms with E-state index < -0.39 is 43.3 Å². The van der Waals surface area contributed by atoms with Crippen molar-refractivity contribution in [1.82, 2.24) is 0 Å². The van der Waals surface area contributed by atoms with Gasteiger partial charge in [-0.2, -0.15) is 0 Å². The van der Waals surface area contributed by atoms with Crippen LogP contribution in [0.5, 0.6) is 5.75 Å². The van der Waals surface area contributed by atoms with Gasteiger partial charge in [0.05, 0.1) is 6.61 Å². The van der Waals surface area contributed by atoms with Crippen LogP contribution < -0.4 is 4.74 Å². The summed E-state index contributed by atoms with van der Waals surface area (Å²) in [5.74, 6) is -0.919. The molecule has 144 valence electrons. The molecule has 5 N–H and O–H groups in total. The van der Waals surface area contributed by atoms with Gasteiger partial charge in [0.2, 0.25) is 6.29 Å². The molecule has 1 heterocycles. The Hall–Kier alpha value is -2.49. The van der Waals surface area contributed by atoms with Crippen LogP contribution in [-0.4, -0.2) is 68.8 Å². The van der Waals surface area contributed by atoms with Crippen LogP contribution >= 0.6 is 0 Å². The van der Waals surface area contributed by atoms with Crippen molar-refractivity contribution in [1.29, 1.82) is 0 Å². The maximum absolute atomic E-state index is 10.9. The second-order valence-corrected chi connectivity index (χ2v) is 6.19. The average Bonchev–Trinajstić information content (AvgIpc) is 2.67. The van der Waals surface area contributed by atoms with E-state index >= 15 is 0 Å². The number of aliphatic hydroxyl groups is 4. The molecule has 1 saturated heterocycles. The highest BCUT2D eigenvalue weighted by molar-refractivity contribution is 5.96. The largest absolute Gasteiger partial charge is 0.478 e. The molecule has 0 radical (unpaired) electrons. The first-order valence-corrected chi connectivity index (χ1v) is 8.32. The number of hydrogen-bond acceptors (Lipinski definition) is 7. The smallest absolute Gasteiger partial charge is 0.328 e. The van der Waals surface area contributed by atoms with Crippen LogP contribution in [0.25, 0.3) is 16.8 Å². The Bertz CT molecular complexity index is 847. The van der Waals surface area contributed by atoms with Crippen LogP contribution in [0.2, 0.25) is 0 Å². The van der Waals surface area contributed by atoms with Crippen LogP contribution in [-0.2, 0) is 9.53 Å². The van der Waals surface area contributed by atoms with E-state index in [1.807, 2.05) is 12.1 Å². The lowest BCUT2D eigenvalue weighted by molar-refractivity contribution is -0.277. The second-order valence-electron chi connectivity index (χ2n) is 6.19. The zero-order chi connectivity index (χ0) is 19.6. The number of ether oxygens (including phenoxy) is 2. The highest BCUT2D eigenvalue weighted by Crippen LogP contribution is 2.32. The minimum Gasteiger partial charge on any atom is -0.478 e. The highest BCUT2D eigenvalue weighted by atomic mass is 16.7. The van der Waals surface area contributed by atoms with Crippen molar-refractivity contribution in [3.8, 4) is 5.75 Å². The lowest BCUT2D eigenvalue weighted by Crippen LogP contribution is -2.60. The maximum Gasteiger partial charge on any atom is 0.328 e. The number of hydrogen-bond donors (Lipinski definition) is 5. The standard InChI is InChI=1S/C19H20O8/c20-9-14-16(23)17(24)18(25)19(27-14)26-13-7-5-10-3-1-2-4-11(10)12(13)6-8-15(21)22/h1-8,14,16-20,23-25H,9H2,(H,21,22)/t14?,16-,17?,18?,19+/m1/s1. The minimum atomic E-state index is -1.57. The van der Waals surface area contributed by atoms with Crippen LogP contribution in [0.3, 0.4) is 0 Å². The Balaban J connectivity index is 1.98. The first-order chi connectivity index (χ1) is 12.9. The van der Waals surface area contributed by atoms with Gasteiger partial charge in [-0.15, -0.1) is 0 Å². The van der Waals surface area contributed by atoms with Gasteiger partial charge in [-0.3, -0.25) is 0 Å². The molecule has 2 aromatic rings. The van der Waals surface area contributed by atoms with E-state index in [9.17, 15) is 25.2 Å². The van der Waals surface area contributed by atoms with Gasteiger partial charge < -0.3 is 35.0 Å². The van der Waals surface area contributed by atoms with Gasteiger partial charge in [0.25, 0.3) is 0 Å². The highest BCUT2D eigenvalue weighted by Gasteiger charge is 2.44. The van der Waals surface area contributed by atoms with Crippen LogP contribution in [0.15, 0.2) is 42.5 Å². The third-order valence-corrected chi connectivity index (χ3v) is 4.41. The van der Waals surface area contributed by atoms with Gasteiger partial charge in [-0.1, -0.05) is 30.3 Å². The summed E-state index contributed by atoms with van der Waals surface area (Å²) in [5.41, 5.74) is 0.451. The Kier molecular flexibility index (Phi) is 5.73. The molecule has 0 aromatic heterocycles. The molecule has 1 fully saturated rings. The first-order valence-electron chi connectivity index (χ1n) is 8.32. The van der Waals surface area contributed by atoms with Crippen LogP contribution in [0, 0.1) is 0 Å². The summed E-state index contributed by atoms with van der Waals surface area (Å²) < 4.78 is 11.0. The van der Waals surface area contributed by atoms with Crippen molar-refractivity contribution in [3.05, 3.63) is 48.0 Å². The summed E-state index contributed by atoms with van der Waals surface area (Å²) in [4.78, 5) is 10.9. The molecule has 8 heteroatoms. The molecule has 0 saturated carbocycles. The Morgan fingerprint density at radius 3 is 2.52 bits per heavy atom. The molecule has 3 rings (SSSR count). The molecule has 0 spiro atoms. The fraction of sp³-hybridized carbons (Fsp3) is 0.316. The molecule has 1 aliphatic rings. The number of carbonyl (C=O) groups is 1. The molecule has 0 bridgehead atoms. The molecular formula is C19H20O8. The van der Waals surface area contributed by atoms with Gasteiger partial charge in [0, 0.05) is 11.6 Å². The van der Waals surface area contributed by atoms with Crippen LogP contribution in [0.1, 0.15) is 5.56 Å². The summed E-state index contributed by atoms with van der Waals surface area (Å²) in [6.45, 7) is -0.575. The topological polar surface area (TPSA) is 137 Å². The maximum atomic E-state index is 10.9. The quantitative estimate of drug-likeness (QED) is 0.464. The molecule has 3 unspecified atom stereocenters. The number of aliphatic carboxylic acids is 1. The first kappa shape index (κ1) is 19.3. The fourth-order valence-corrected chi connectivity index (χ4v) is 2.99. The van der Waals surface area contributed by atoms with E-state index in [4.69, 9.17) is 14.6 Å². The molecule has 1 aliphatic heterocycles. The van der Waals surface area contributed by atoms with E-state index in [1.54, 1.807) is 24.3 Å². The van der Waals surface area contributed by atoms with Crippen LogP contribution in [0.4, 0.5) is 0 Å². The molecule has 8 nitrogen and oxygen atoms in total. The van der Waals surface area contributed by atoms with E-state index in [0.717, 1.165) is 16.8 Å². The van der Waals surface area contributed by atoms with Gasteiger partial charge in [0.15, 0.2) is 0 Å². The predicted octanol–water partition coefficient (Wildman–Crippen LogP) is 0.116. The number of carboxylic acids is 1. The molecule has 0 amide bonds. The predicted molar refractivity (Wildman–Crippen MR) is 95.0 cm³/mol. The number of aliphatic hydroxyl groups excluding tert-OH is 4. The van der Waals surface area contributed by atoms with Crippen molar-refractivity contribution in [2.75, 3.05) is 6.61 Å². The summed E-state index contributed by atoms with van der Waals surface area (Å²) in [5, 5.41) is 49.7. The Morgan fingerprint density at radius 1 is 1.07 bits per heavy atom. The summed E-state index contributed by atoms with van der Waals surface area (Å²) >= 11 is 0. The summed E-state index contributed by atoms with van der Waals surface area (Å²) in [6.07, 6.45) is -4.77. The Labute approximate surface area is 154 Å². The van der Waals surface area contributed by atoms with Crippen molar-refractivity contribution in [2.45, 2.75) is 30.7 Å². The lowest BCUT2D eigenvalue weighted by Gasteiger charge is -2.39. The van der Waals surface area contributed by atoms with E-state index in [2.05, 4.69) is 0 Å². The van der Waals surface area contributed by atoms with Gasteiger partial charge >= 0.3 is 5.97 Å². The molecule has 0 aliphatic carbocycles. The van der Waals surface area contributed by atoms with E-state index in [1.165, 1.54) is 6.08 Å². The van der Waals surface area contributed by atoms with Gasteiger partial charge in [0.1, 0.15) is 30.2 Å². The third kappa shape index (κ3) is 3.95. The van der Waals surface area contributed by atoms with E-state index in [-0.39, 0.29) is 5.75 Å². The monoisotopic (exact) mass is 376 g/mol. The minimum absolute atomic E-state index is 0.218. The lowest BCUT2D eigenvalue weighted by atomic mass is 9.99. The van der Waals surface area contributed by atoms with Crippen molar-refractivity contribution >= 4 is 22.8 Å². The van der Waals surface area contributed by atoms with Crippen molar-refractivity contribution in [3.63, 3.8) is 0 Å². The summed E-state index contributed by atoms with van der Waals surface area (Å²) in [6, 6.07) is 10.6. The zero-order valence-corrected chi connectivity index (χ0v) is 14.2. The molecule has 2 aromatic carbocycles. The summed E-state index contributed by atoms with van der Waals surface area (Å²) in [7, 11) is 0. The average molecular weight is 376 g/mol. The van der Waals surface area contributed by atoms with E-state index in [0.29, 0.717) is 5.56 Å². The normalized spacial score (nSPS) is 28.5. The van der Waals surface area contributed by atoms with Crippen molar-refractivity contribution in [2.24, 2.45) is 0 Å². The molecule has 27 heavy (non-hydrogen) atoms. The zero-order valence-electron chi connectivity index (χ0n) is 14.2. The molecular weight excluding hydrogens is 356 g/mol. The number of rotatable bonds is 5. The SMILES string of the molecule is O=C(O)C=Cc1c(O[C@H]2OC(CO)[C@@H](O)C(O)C2O)ccc2ccccc12. The van der Waals surface area contributed by atoms with Crippen molar-refractivity contribution < 1.29 is 39.8 Å². The third-order valence-electron chi connectivity index (χ3n) is 4.41. The number of carboxylic acid groups (broad SMARTS) is 1. The Morgan fingerprint density at radius 2 is 1.81 bits per heavy atom. The van der Waals surface area contributed by atoms with Gasteiger partial charge in [-0.05, 0) is 22.9 Å². The number of benzene rings is 2. The number of fused-ring (bicyclic) bond motifs is 1. The molecule has 5 atom stereocenters. The van der Waals surface area contributed by atoms with Gasteiger partial charge in [-0.25, -0.2) is 4.79 Å². The second kappa shape index (κ2) is 8.03. The fourth-order valence-electron chi connectivity index (χ4n) is 2.99.